The molecule has 1 aliphatic rings. The average molecular weight is 361 g/mol. The SMILES string of the molecule is CCOc1cccc2c1OCC(C(=O)N(CCC(=O)OC)CC(C)C)=C2. The molecular weight excluding hydrogens is 334 g/mol. The van der Waals surface area contributed by atoms with Gasteiger partial charge in [0.05, 0.1) is 25.7 Å². The Morgan fingerprint density at radius 3 is 2.73 bits per heavy atom. The van der Waals surface area contributed by atoms with Gasteiger partial charge in [-0.3, -0.25) is 9.59 Å². The number of esters is 1. The van der Waals surface area contributed by atoms with Crippen LogP contribution in [0.25, 0.3) is 6.08 Å². The molecule has 0 saturated heterocycles. The van der Waals surface area contributed by atoms with Crippen LogP contribution in [0.4, 0.5) is 0 Å². The first-order chi connectivity index (χ1) is 12.5. The fourth-order valence-corrected chi connectivity index (χ4v) is 2.82. The maximum atomic E-state index is 12.9. The van der Waals surface area contributed by atoms with E-state index in [0.717, 1.165) is 5.56 Å². The van der Waals surface area contributed by atoms with Gasteiger partial charge in [-0.25, -0.2) is 0 Å². The minimum absolute atomic E-state index is 0.116. The van der Waals surface area contributed by atoms with Gasteiger partial charge in [0.15, 0.2) is 11.5 Å². The third kappa shape index (κ3) is 5.00. The molecule has 0 fully saturated rings. The molecule has 1 aliphatic heterocycles. The van der Waals surface area contributed by atoms with E-state index in [-0.39, 0.29) is 24.9 Å². The maximum Gasteiger partial charge on any atom is 0.307 e. The minimum Gasteiger partial charge on any atom is -0.490 e. The smallest absolute Gasteiger partial charge is 0.307 e. The summed E-state index contributed by atoms with van der Waals surface area (Å²) in [5.74, 6) is 1.19. The molecule has 1 amide bonds. The Morgan fingerprint density at radius 1 is 1.31 bits per heavy atom. The lowest BCUT2D eigenvalue weighted by Crippen LogP contribution is -2.38. The number of ether oxygens (including phenoxy) is 3. The lowest BCUT2D eigenvalue weighted by Gasteiger charge is -2.27. The highest BCUT2D eigenvalue weighted by atomic mass is 16.5. The van der Waals surface area contributed by atoms with Gasteiger partial charge in [-0.15, -0.1) is 0 Å². The second kappa shape index (κ2) is 9.27. The number of nitrogens with zero attached hydrogens (tertiary/aromatic N) is 1. The molecule has 1 heterocycles. The van der Waals surface area contributed by atoms with Crippen molar-refractivity contribution in [3.63, 3.8) is 0 Å². The van der Waals surface area contributed by atoms with Crippen molar-refractivity contribution in [1.29, 1.82) is 0 Å². The fraction of sp³-hybridized carbons (Fsp3) is 0.500. The number of para-hydroxylation sites is 1. The molecule has 0 N–H and O–H groups in total. The van der Waals surface area contributed by atoms with Crippen LogP contribution < -0.4 is 9.47 Å². The van der Waals surface area contributed by atoms with E-state index in [1.54, 1.807) is 4.90 Å². The number of methoxy groups -OCH3 is 1. The number of carbonyl (C=O) groups excluding carboxylic acids is 2. The largest absolute Gasteiger partial charge is 0.490 e. The van der Waals surface area contributed by atoms with Crippen molar-refractivity contribution in [2.75, 3.05) is 33.4 Å². The minimum atomic E-state index is -0.327. The van der Waals surface area contributed by atoms with Crippen molar-refractivity contribution in [2.24, 2.45) is 5.92 Å². The molecule has 0 atom stereocenters. The quantitative estimate of drug-likeness (QED) is 0.666. The van der Waals surface area contributed by atoms with Crippen LogP contribution in [0, 0.1) is 5.92 Å². The number of hydrogen-bond acceptors (Lipinski definition) is 5. The van der Waals surface area contributed by atoms with Crippen molar-refractivity contribution in [3.05, 3.63) is 29.3 Å². The van der Waals surface area contributed by atoms with Gasteiger partial charge in [-0.05, 0) is 25.0 Å². The Morgan fingerprint density at radius 2 is 2.08 bits per heavy atom. The molecule has 0 radical (unpaired) electrons. The second-order valence-corrected chi connectivity index (χ2v) is 6.54. The second-order valence-electron chi connectivity index (χ2n) is 6.54. The summed E-state index contributed by atoms with van der Waals surface area (Å²) in [5, 5.41) is 0. The Bertz CT molecular complexity index is 681. The van der Waals surface area contributed by atoms with E-state index >= 15 is 0 Å². The first-order valence-corrected chi connectivity index (χ1v) is 8.91. The molecule has 2 rings (SSSR count). The summed E-state index contributed by atoms with van der Waals surface area (Å²) in [6, 6.07) is 5.62. The standard InChI is InChI=1S/C20H27NO5/c1-5-25-17-8-6-7-15-11-16(13-26-19(15)17)20(23)21(12-14(2)3)10-9-18(22)24-4/h6-8,11,14H,5,9-10,12-13H2,1-4H3. The van der Waals surface area contributed by atoms with Crippen LogP contribution in [0.1, 0.15) is 32.8 Å². The Labute approximate surface area is 154 Å². The predicted molar refractivity (Wildman–Crippen MR) is 99.1 cm³/mol. The van der Waals surface area contributed by atoms with Gasteiger partial charge >= 0.3 is 5.97 Å². The van der Waals surface area contributed by atoms with E-state index in [1.807, 2.05) is 45.0 Å². The summed E-state index contributed by atoms with van der Waals surface area (Å²) in [6.45, 7) is 7.61. The van der Waals surface area contributed by atoms with Gasteiger partial charge in [-0.2, -0.15) is 0 Å². The lowest BCUT2D eigenvalue weighted by atomic mass is 10.1. The topological polar surface area (TPSA) is 65.1 Å². The lowest BCUT2D eigenvalue weighted by molar-refractivity contribution is -0.141. The van der Waals surface area contributed by atoms with Gasteiger partial charge in [0.2, 0.25) is 0 Å². The summed E-state index contributed by atoms with van der Waals surface area (Å²) >= 11 is 0. The van der Waals surface area contributed by atoms with E-state index in [4.69, 9.17) is 9.47 Å². The first-order valence-electron chi connectivity index (χ1n) is 8.91. The normalized spacial score (nSPS) is 12.7. The van der Waals surface area contributed by atoms with Crippen LogP contribution in [-0.4, -0.2) is 50.2 Å². The van der Waals surface area contributed by atoms with E-state index in [0.29, 0.717) is 42.7 Å². The summed E-state index contributed by atoms with van der Waals surface area (Å²) in [5.41, 5.74) is 1.39. The van der Waals surface area contributed by atoms with Crippen LogP contribution in [0.15, 0.2) is 23.8 Å². The van der Waals surface area contributed by atoms with Crippen LogP contribution in [-0.2, 0) is 14.3 Å². The predicted octanol–water partition coefficient (Wildman–Crippen LogP) is 2.91. The van der Waals surface area contributed by atoms with Crippen molar-refractivity contribution >= 4 is 18.0 Å². The van der Waals surface area contributed by atoms with Crippen molar-refractivity contribution in [1.82, 2.24) is 4.90 Å². The zero-order valence-electron chi connectivity index (χ0n) is 15.9. The summed E-state index contributed by atoms with van der Waals surface area (Å²) < 4.78 is 16.1. The van der Waals surface area contributed by atoms with Crippen LogP contribution in [0.3, 0.4) is 0 Å². The van der Waals surface area contributed by atoms with Gasteiger partial charge in [0.1, 0.15) is 6.61 Å². The van der Waals surface area contributed by atoms with E-state index in [1.165, 1.54) is 7.11 Å². The third-order valence-corrected chi connectivity index (χ3v) is 3.97. The summed E-state index contributed by atoms with van der Waals surface area (Å²) in [4.78, 5) is 26.1. The van der Waals surface area contributed by atoms with Gasteiger partial charge in [0.25, 0.3) is 5.91 Å². The molecule has 1 aromatic rings. The number of fused-ring (bicyclic) bond motifs is 1. The Hall–Kier alpha value is -2.50. The molecule has 26 heavy (non-hydrogen) atoms. The maximum absolute atomic E-state index is 12.9. The zero-order valence-corrected chi connectivity index (χ0v) is 15.9. The van der Waals surface area contributed by atoms with Crippen molar-refractivity contribution < 1.29 is 23.8 Å². The zero-order chi connectivity index (χ0) is 19.1. The molecule has 6 nitrogen and oxygen atoms in total. The Balaban J connectivity index is 2.20. The highest BCUT2D eigenvalue weighted by Gasteiger charge is 2.25. The molecule has 0 aliphatic carbocycles. The molecule has 0 aromatic heterocycles. The highest BCUT2D eigenvalue weighted by Crippen LogP contribution is 2.36. The third-order valence-electron chi connectivity index (χ3n) is 3.97. The van der Waals surface area contributed by atoms with Gasteiger partial charge < -0.3 is 19.1 Å². The first kappa shape index (κ1) is 19.8. The molecular formula is C20H27NO5. The molecule has 0 saturated carbocycles. The summed E-state index contributed by atoms with van der Waals surface area (Å²) in [6.07, 6.45) is 2.02. The molecule has 6 heteroatoms. The van der Waals surface area contributed by atoms with Gasteiger partial charge in [0, 0.05) is 18.7 Å². The van der Waals surface area contributed by atoms with Crippen LogP contribution in [0.2, 0.25) is 0 Å². The number of amides is 1. The number of carbonyl (C=O) groups is 2. The molecule has 0 unspecified atom stereocenters. The van der Waals surface area contributed by atoms with Crippen molar-refractivity contribution in [3.8, 4) is 11.5 Å². The molecule has 0 spiro atoms. The fourth-order valence-electron chi connectivity index (χ4n) is 2.82. The monoisotopic (exact) mass is 361 g/mol. The van der Waals surface area contributed by atoms with Crippen LogP contribution >= 0.6 is 0 Å². The van der Waals surface area contributed by atoms with E-state index in [2.05, 4.69) is 4.74 Å². The number of benzene rings is 1. The van der Waals surface area contributed by atoms with Crippen molar-refractivity contribution in [2.45, 2.75) is 27.2 Å². The van der Waals surface area contributed by atoms with E-state index in [9.17, 15) is 9.59 Å². The highest BCUT2D eigenvalue weighted by molar-refractivity contribution is 5.99. The van der Waals surface area contributed by atoms with Crippen LogP contribution in [0.5, 0.6) is 11.5 Å². The summed E-state index contributed by atoms with van der Waals surface area (Å²) in [7, 11) is 1.35. The Kier molecular flexibility index (Phi) is 7.06. The average Bonchev–Trinajstić information content (AvgIpc) is 2.64. The molecule has 0 bridgehead atoms. The molecule has 1 aromatic carbocycles. The van der Waals surface area contributed by atoms with E-state index < -0.39 is 0 Å². The number of hydrogen-bond donors (Lipinski definition) is 0. The van der Waals surface area contributed by atoms with Gasteiger partial charge in [-0.1, -0.05) is 26.0 Å². The number of rotatable bonds is 8. The molecule has 142 valence electrons.